The fourth-order valence-corrected chi connectivity index (χ4v) is 5.23. The molecule has 0 amide bonds. The minimum Gasteiger partial charge on any atom is -0.459 e. The molecule has 4 saturated carbocycles. The van der Waals surface area contributed by atoms with Crippen molar-refractivity contribution in [3.63, 3.8) is 0 Å². The minimum atomic E-state index is -0.591. The second-order valence-electron chi connectivity index (χ2n) is 8.87. The summed E-state index contributed by atoms with van der Waals surface area (Å²) in [4.78, 5) is 12.3. The molecule has 4 aliphatic rings. The summed E-state index contributed by atoms with van der Waals surface area (Å²) >= 11 is 0. The van der Waals surface area contributed by atoms with Crippen molar-refractivity contribution in [3.8, 4) is 0 Å². The van der Waals surface area contributed by atoms with E-state index in [9.17, 15) is 9.90 Å². The molecule has 4 unspecified atom stereocenters. The molecule has 0 aromatic rings. The minimum absolute atomic E-state index is 0.123. The third-order valence-corrected chi connectivity index (χ3v) is 5.19. The second-order valence-corrected chi connectivity index (χ2v) is 8.87. The fourth-order valence-electron chi connectivity index (χ4n) is 5.23. The topological polar surface area (TPSA) is 46.5 Å². The van der Waals surface area contributed by atoms with Crippen molar-refractivity contribution in [1.82, 2.24) is 0 Å². The van der Waals surface area contributed by atoms with E-state index in [1.807, 2.05) is 20.8 Å². The maximum atomic E-state index is 12.3. The summed E-state index contributed by atoms with van der Waals surface area (Å²) < 4.78 is 5.95. The average molecular weight is 266 g/mol. The van der Waals surface area contributed by atoms with Crippen LogP contribution in [0.3, 0.4) is 0 Å². The lowest BCUT2D eigenvalue weighted by atomic mass is 9.47. The first-order valence-electron chi connectivity index (χ1n) is 7.49. The Labute approximate surface area is 115 Å². The van der Waals surface area contributed by atoms with E-state index in [4.69, 9.17) is 4.74 Å². The molecule has 4 rings (SSSR count). The molecular weight excluding hydrogens is 240 g/mol. The number of rotatable bonds is 1. The van der Waals surface area contributed by atoms with Gasteiger partial charge in [-0.05, 0) is 64.2 Å². The standard InChI is InChI=1S/C16H26O3/c1-13(2,3)12(17)19-16-7-11-5-14(4,9-16)8-15(18,6-11)10-16/h11,18H,5-10H2,1-4H3. The molecule has 0 aromatic carbocycles. The SMILES string of the molecule is CC12CC3CC(O)(C1)CC(OC(=O)C(C)(C)C)(C3)C2. The van der Waals surface area contributed by atoms with Gasteiger partial charge < -0.3 is 9.84 Å². The van der Waals surface area contributed by atoms with E-state index in [-0.39, 0.29) is 11.4 Å². The van der Waals surface area contributed by atoms with E-state index in [2.05, 4.69) is 6.92 Å². The van der Waals surface area contributed by atoms with Crippen molar-refractivity contribution in [2.45, 2.75) is 77.4 Å². The van der Waals surface area contributed by atoms with E-state index >= 15 is 0 Å². The molecule has 108 valence electrons. The molecule has 4 bridgehead atoms. The van der Waals surface area contributed by atoms with Crippen LogP contribution in [0.25, 0.3) is 0 Å². The lowest BCUT2D eigenvalue weighted by molar-refractivity contribution is -0.243. The highest BCUT2D eigenvalue weighted by atomic mass is 16.6. The first-order valence-corrected chi connectivity index (χ1v) is 7.49. The van der Waals surface area contributed by atoms with Crippen LogP contribution in [0.5, 0.6) is 0 Å². The van der Waals surface area contributed by atoms with Crippen molar-refractivity contribution in [2.24, 2.45) is 16.7 Å². The molecule has 0 saturated heterocycles. The summed E-state index contributed by atoms with van der Waals surface area (Å²) in [5.74, 6) is 0.403. The number of aliphatic hydroxyl groups is 1. The van der Waals surface area contributed by atoms with Crippen molar-refractivity contribution >= 4 is 5.97 Å². The molecule has 3 nitrogen and oxygen atoms in total. The largest absolute Gasteiger partial charge is 0.459 e. The zero-order valence-corrected chi connectivity index (χ0v) is 12.6. The molecule has 0 aliphatic heterocycles. The van der Waals surface area contributed by atoms with Gasteiger partial charge in [0.15, 0.2) is 0 Å². The van der Waals surface area contributed by atoms with E-state index in [0.717, 1.165) is 25.7 Å². The molecule has 1 N–H and O–H groups in total. The summed E-state index contributed by atoms with van der Waals surface area (Å²) in [6.07, 6.45) is 5.49. The van der Waals surface area contributed by atoms with E-state index in [1.165, 1.54) is 6.42 Å². The molecule has 0 radical (unpaired) electrons. The smallest absolute Gasteiger partial charge is 0.311 e. The van der Waals surface area contributed by atoms with Crippen LogP contribution in [-0.2, 0) is 9.53 Å². The predicted molar refractivity (Wildman–Crippen MR) is 72.5 cm³/mol. The van der Waals surface area contributed by atoms with Crippen molar-refractivity contribution in [1.29, 1.82) is 0 Å². The van der Waals surface area contributed by atoms with E-state index in [0.29, 0.717) is 12.3 Å². The molecule has 4 atom stereocenters. The zero-order chi connectivity index (χ0) is 14.1. The normalized spacial score (nSPS) is 48.4. The predicted octanol–water partition coefficient (Wildman–Crippen LogP) is 3.05. The van der Waals surface area contributed by atoms with Gasteiger partial charge in [0, 0.05) is 6.42 Å². The molecular formula is C16H26O3. The number of carbonyl (C=O) groups is 1. The van der Waals surface area contributed by atoms with Crippen LogP contribution in [0, 0.1) is 16.7 Å². The Morgan fingerprint density at radius 3 is 2.37 bits per heavy atom. The molecule has 3 heteroatoms. The summed E-state index contributed by atoms with van der Waals surface area (Å²) in [5.41, 5.74) is -1.29. The highest BCUT2D eigenvalue weighted by Gasteiger charge is 2.63. The molecule has 0 heterocycles. The fraction of sp³-hybridized carbons (Fsp3) is 0.938. The number of ether oxygens (including phenoxy) is 1. The molecule has 0 aromatic heterocycles. The number of carbonyl (C=O) groups excluding carboxylic acids is 1. The Kier molecular flexibility index (Phi) is 2.50. The van der Waals surface area contributed by atoms with Gasteiger partial charge in [-0.15, -0.1) is 0 Å². The number of hydrogen-bond donors (Lipinski definition) is 1. The number of esters is 1. The summed E-state index contributed by atoms with van der Waals surface area (Å²) in [6, 6.07) is 0. The number of hydrogen-bond acceptors (Lipinski definition) is 3. The zero-order valence-electron chi connectivity index (χ0n) is 12.6. The van der Waals surface area contributed by atoms with Gasteiger partial charge in [-0.1, -0.05) is 6.92 Å². The molecule has 4 fully saturated rings. The maximum absolute atomic E-state index is 12.3. The third kappa shape index (κ3) is 2.20. The molecule has 19 heavy (non-hydrogen) atoms. The first-order chi connectivity index (χ1) is 8.53. The van der Waals surface area contributed by atoms with Crippen molar-refractivity contribution in [2.75, 3.05) is 0 Å². The molecule has 0 spiro atoms. The van der Waals surface area contributed by atoms with Crippen LogP contribution < -0.4 is 0 Å². The van der Waals surface area contributed by atoms with Crippen LogP contribution in [0.4, 0.5) is 0 Å². The van der Waals surface area contributed by atoms with Crippen molar-refractivity contribution < 1.29 is 14.6 Å². The third-order valence-electron chi connectivity index (χ3n) is 5.19. The highest BCUT2D eigenvalue weighted by Crippen LogP contribution is 2.64. The van der Waals surface area contributed by atoms with Gasteiger partial charge >= 0.3 is 5.97 Å². The van der Waals surface area contributed by atoms with E-state index in [1.54, 1.807) is 0 Å². The van der Waals surface area contributed by atoms with Crippen LogP contribution in [0.2, 0.25) is 0 Å². The van der Waals surface area contributed by atoms with E-state index < -0.39 is 16.6 Å². The van der Waals surface area contributed by atoms with Gasteiger partial charge in [-0.25, -0.2) is 0 Å². The van der Waals surface area contributed by atoms with Gasteiger partial charge in [-0.2, -0.15) is 0 Å². The van der Waals surface area contributed by atoms with Crippen LogP contribution >= 0.6 is 0 Å². The van der Waals surface area contributed by atoms with Crippen LogP contribution in [-0.4, -0.2) is 22.3 Å². The van der Waals surface area contributed by atoms with Gasteiger partial charge in [-0.3, -0.25) is 4.79 Å². The lowest BCUT2D eigenvalue weighted by Crippen LogP contribution is -2.64. The summed E-state index contributed by atoms with van der Waals surface area (Å²) in [5, 5.41) is 10.8. The lowest BCUT2D eigenvalue weighted by Gasteiger charge is -2.63. The maximum Gasteiger partial charge on any atom is 0.311 e. The highest BCUT2D eigenvalue weighted by molar-refractivity contribution is 5.76. The quantitative estimate of drug-likeness (QED) is 0.742. The van der Waals surface area contributed by atoms with Gasteiger partial charge in [0.05, 0.1) is 11.0 Å². The Balaban J connectivity index is 1.87. The Morgan fingerprint density at radius 2 is 1.84 bits per heavy atom. The summed E-state index contributed by atoms with van der Waals surface area (Å²) in [7, 11) is 0. The molecule has 4 aliphatic carbocycles. The Morgan fingerprint density at radius 1 is 1.16 bits per heavy atom. The van der Waals surface area contributed by atoms with Gasteiger partial charge in [0.25, 0.3) is 0 Å². The van der Waals surface area contributed by atoms with Gasteiger partial charge in [0.1, 0.15) is 5.60 Å². The second kappa shape index (κ2) is 3.55. The van der Waals surface area contributed by atoms with Crippen LogP contribution in [0.15, 0.2) is 0 Å². The monoisotopic (exact) mass is 266 g/mol. The average Bonchev–Trinajstić information content (AvgIpc) is 2.07. The summed E-state index contributed by atoms with van der Waals surface area (Å²) in [6.45, 7) is 7.94. The van der Waals surface area contributed by atoms with Gasteiger partial charge in [0.2, 0.25) is 0 Å². The Bertz CT molecular complexity index is 402. The van der Waals surface area contributed by atoms with Crippen molar-refractivity contribution in [3.05, 3.63) is 0 Å². The Hall–Kier alpha value is -0.570. The van der Waals surface area contributed by atoms with Crippen LogP contribution in [0.1, 0.15) is 66.2 Å². The first kappa shape index (κ1) is 13.4.